The normalized spacial score (nSPS) is 20.1. The zero-order valence-corrected chi connectivity index (χ0v) is 14.6. The molecule has 1 aliphatic heterocycles. The predicted octanol–water partition coefficient (Wildman–Crippen LogP) is 3.10. The van der Waals surface area contributed by atoms with Crippen molar-refractivity contribution in [2.24, 2.45) is 10.8 Å². The van der Waals surface area contributed by atoms with Crippen LogP contribution in [0.5, 0.6) is 0 Å². The Morgan fingerprint density at radius 2 is 1.77 bits per heavy atom. The van der Waals surface area contributed by atoms with Gasteiger partial charge in [0.05, 0.1) is 24.0 Å². The highest BCUT2D eigenvalue weighted by Crippen LogP contribution is 2.38. The van der Waals surface area contributed by atoms with Crippen LogP contribution in [0, 0.1) is 10.8 Å². The fourth-order valence-electron chi connectivity index (χ4n) is 2.40. The first-order valence-corrected chi connectivity index (χ1v) is 8.21. The summed E-state index contributed by atoms with van der Waals surface area (Å²) in [5.74, 6) is -0.515. The zero-order chi connectivity index (χ0) is 16.8. The minimum atomic E-state index is -0.715. The standard InChI is InChI=1S/C17H30O5/c1-6-8-9-20-14(18)16(3,4)12-17(5,7-2)15(19)22-11-13-10-21-13/h13H,6-12H2,1-5H3. The van der Waals surface area contributed by atoms with Gasteiger partial charge in [0.15, 0.2) is 0 Å². The molecule has 0 aromatic heterocycles. The predicted molar refractivity (Wildman–Crippen MR) is 83.4 cm³/mol. The van der Waals surface area contributed by atoms with Gasteiger partial charge in [0.1, 0.15) is 12.7 Å². The Hall–Kier alpha value is -1.10. The number of rotatable bonds is 10. The first kappa shape index (κ1) is 18.9. The van der Waals surface area contributed by atoms with Crippen LogP contribution in [-0.4, -0.2) is 37.9 Å². The number of ether oxygens (including phenoxy) is 3. The van der Waals surface area contributed by atoms with Crippen molar-refractivity contribution in [2.45, 2.75) is 66.4 Å². The number of carbonyl (C=O) groups excluding carboxylic acids is 2. The van der Waals surface area contributed by atoms with E-state index in [1.54, 1.807) is 0 Å². The number of hydrogen-bond acceptors (Lipinski definition) is 5. The van der Waals surface area contributed by atoms with Crippen molar-refractivity contribution in [3.05, 3.63) is 0 Å². The molecule has 2 atom stereocenters. The van der Waals surface area contributed by atoms with Crippen molar-refractivity contribution in [1.82, 2.24) is 0 Å². The minimum Gasteiger partial charge on any atom is -0.465 e. The molecule has 0 amide bonds. The average molecular weight is 314 g/mol. The van der Waals surface area contributed by atoms with Crippen molar-refractivity contribution >= 4 is 11.9 Å². The van der Waals surface area contributed by atoms with Crippen molar-refractivity contribution < 1.29 is 23.8 Å². The second-order valence-corrected chi connectivity index (χ2v) is 7.02. The van der Waals surface area contributed by atoms with Crippen LogP contribution in [0.25, 0.3) is 0 Å². The van der Waals surface area contributed by atoms with E-state index in [1.807, 2.05) is 34.6 Å². The maximum absolute atomic E-state index is 12.4. The maximum Gasteiger partial charge on any atom is 0.311 e. The van der Waals surface area contributed by atoms with Gasteiger partial charge < -0.3 is 14.2 Å². The molecular formula is C17H30O5. The maximum atomic E-state index is 12.4. The summed E-state index contributed by atoms with van der Waals surface area (Å²) in [5, 5.41) is 0. The summed E-state index contributed by atoms with van der Waals surface area (Å²) < 4.78 is 15.7. The van der Waals surface area contributed by atoms with E-state index in [0.29, 0.717) is 32.7 Å². The van der Waals surface area contributed by atoms with Crippen molar-refractivity contribution in [3.63, 3.8) is 0 Å². The average Bonchev–Trinajstić information content (AvgIpc) is 3.28. The Labute approximate surface area is 133 Å². The number of unbranched alkanes of at least 4 members (excludes halogenated alkanes) is 1. The lowest BCUT2D eigenvalue weighted by Crippen LogP contribution is -2.39. The van der Waals surface area contributed by atoms with Crippen LogP contribution >= 0.6 is 0 Å². The highest BCUT2D eigenvalue weighted by atomic mass is 16.6. The van der Waals surface area contributed by atoms with Crippen molar-refractivity contribution in [1.29, 1.82) is 0 Å². The molecule has 5 heteroatoms. The van der Waals surface area contributed by atoms with Gasteiger partial charge in [-0.2, -0.15) is 0 Å². The third-order valence-corrected chi connectivity index (χ3v) is 4.19. The van der Waals surface area contributed by atoms with Crippen molar-refractivity contribution in [3.8, 4) is 0 Å². The number of carbonyl (C=O) groups is 2. The molecule has 0 spiro atoms. The van der Waals surface area contributed by atoms with Gasteiger partial charge in [-0.25, -0.2) is 0 Å². The van der Waals surface area contributed by atoms with Gasteiger partial charge in [-0.05, 0) is 40.0 Å². The molecule has 0 saturated carbocycles. The van der Waals surface area contributed by atoms with Crippen LogP contribution in [0.1, 0.15) is 60.3 Å². The highest BCUT2D eigenvalue weighted by Gasteiger charge is 2.43. The fraction of sp³-hybridized carbons (Fsp3) is 0.882. The van der Waals surface area contributed by atoms with E-state index in [2.05, 4.69) is 0 Å². The molecule has 0 N–H and O–H groups in total. The first-order valence-electron chi connectivity index (χ1n) is 8.21. The minimum absolute atomic E-state index is 0.0528. The molecule has 1 fully saturated rings. The van der Waals surface area contributed by atoms with Gasteiger partial charge in [0.2, 0.25) is 0 Å². The molecule has 22 heavy (non-hydrogen) atoms. The molecular weight excluding hydrogens is 284 g/mol. The zero-order valence-electron chi connectivity index (χ0n) is 14.6. The first-order chi connectivity index (χ1) is 10.2. The molecule has 1 heterocycles. The van der Waals surface area contributed by atoms with Crippen LogP contribution in [0.3, 0.4) is 0 Å². The summed E-state index contributed by atoms with van der Waals surface area (Å²) in [6.45, 7) is 10.9. The molecule has 1 aliphatic rings. The molecule has 0 aromatic rings. The summed E-state index contributed by atoms with van der Waals surface area (Å²) in [6, 6.07) is 0. The quantitative estimate of drug-likeness (QED) is 0.352. The van der Waals surface area contributed by atoms with Crippen LogP contribution in [0.2, 0.25) is 0 Å². The number of hydrogen-bond donors (Lipinski definition) is 0. The lowest BCUT2D eigenvalue weighted by Gasteiger charge is -2.33. The molecule has 0 bridgehead atoms. The van der Waals surface area contributed by atoms with Gasteiger partial charge in [0, 0.05) is 0 Å². The second-order valence-electron chi connectivity index (χ2n) is 7.02. The van der Waals surface area contributed by atoms with Crippen molar-refractivity contribution in [2.75, 3.05) is 19.8 Å². The Kier molecular flexibility index (Phi) is 6.85. The van der Waals surface area contributed by atoms with E-state index in [1.165, 1.54) is 0 Å². The summed E-state index contributed by atoms with van der Waals surface area (Å²) in [7, 11) is 0. The monoisotopic (exact) mass is 314 g/mol. The lowest BCUT2D eigenvalue weighted by molar-refractivity contribution is -0.163. The topological polar surface area (TPSA) is 65.1 Å². The van der Waals surface area contributed by atoms with Gasteiger partial charge in [-0.15, -0.1) is 0 Å². The second kappa shape index (κ2) is 7.95. The molecule has 2 unspecified atom stereocenters. The highest BCUT2D eigenvalue weighted by molar-refractivity contribution is 5.80. The van der Waals surface area contributed by atoms with E-state index in [4.69, 9.17) is 14.2 Å². The van der Waals surface area contributed by atoms with E-state index < -0.39 is 10.8 Å². The van der Waals surface area contributed by atoms with Crippen LogP contribution in [0.15, 0.2) is 0 Å². The third-order valence-electron chi connectivity index (χ3n) is 4.19. The summed E-state index contributed by atoms with van der Waals surface area (Å²) in [4.78, 5) is 24.6. The smallest absolute Gasteiger partial charge is 0.311 e. The molecule has 5 nitrogen and oxygen atoms in total. The molecule has 1 rings (SSSR count). The van der Waals surface area contributed by atoms with Crippen LogP contribution in [-0.2, 0) is 23.8 Å². The number of epoxide rings is 1. The third kappa shape index (κ3) is 5.59. The SMILES string of the molecule is CCCCOC(=O)C(C)(C)CC(C)(CC)C(=O)OCC1CO1. The van der Waals surface area contributed by atoms with E-state index >= 15 is 0 Å². The van der Waals surface area contributed by atoms with Gasteiger partial charge in [-0.3, -0.25) is 9.59 Å². The van der Waals surface area contributed by atoms with Crippen LogP contribution in [0.4, 0.5) is 0 Å². The summed E-state index contributed by atoms with van der Waals surface area (Å²) in [6.07, 6.45) is 2.92. The Balaban J connectivity index is 2.59. The molecule has 0 radical (unpaired) electrons. The van der Waals surface area contributed by atoms with E-state index in [-0.39, 0.29) is 18.0 Å². The van der Waals surface area contributed by atoms with Gasteiger partial charge >= 0.3 is 11.9 Å². The van der Waals surface area contributed by atoms with Gasteiger partial charge in [-0.1, -0.05) is 20.3 Å². The largest absolute Gasteiger partial charge is 0.465 e. The molecule has 0 aromatic carbocycles. The fourth-order valence-corrected chi connectivity index (χ4v) is 2.40. The van der Waals surface area contributed by atoms with Gasteiger partial charge in [0.25, 0.3) is 0 Å². The Bertz CT molecular complexity index is 387. The van der Waals surface area contributed by atoms with E-state index in [0.717, 1.165) is 12.8 Å². The molecule has 128 valence electrons. The number of esters is 2. The van der Waals surface area contributed by atoms with Crippen LogP contribution < -0.4 is 0 Å². The van der Waals surface area contributed by atoms with E-state index in [9.17, 15) is 9.59 Å². The Morgan fingerprint density at radius 3 is 2.27 bits per heavy atom. The molecule has 0 aliphatic carbocycles. The summed E-state index contributed by atoms with van der Waals surface area (Å²) in [5.41, 5.74) is -1.41. The summed E-state index contributed by atoms with van der Waals surface area (Å²) >= 11 is 0. The molecule has 1 saturated heterocycles. The lowest BCUT2D eigenvalue weighted by atomic mass is 9.72. The Morgan fingerprint density at radius 1 is 1.14 bits per heavy atom.